The maximum absolute atomic E-state index is 4.90. The smallest absolute Gasteiger partial charge is 0.137 e. The number of aryl methyl sites for hydroxylation is 2. The van der Waals surface area contributed by atoms with E-state index in [0.717, 1.165) is 50.9 Å². The Labute approximate surface area is 307 Å². The number of hydrogen-bond acceptors (Lipinski definition) is 3. The third-order valence-corrected chi connectivity index (χ3v) is 10.5. The van der Waals surface area contributed by atoms with Gasteiger partial charge in [0.05, 0.1) is 27.8 Å². The Morgan fingerprint density at radius 1 is 0.453 bits per heavy atom. The Balaban J connectivity index is 1.26. The predicted molar refractivity (Wildman–Crippen MR) is 220 cm³/mol. The first-order valence-corrected chi connectivity index (χ1v) is 18.0. The van der Waals surface area contributed by atoms with Crippen LogP contribution in [0, 0.1) is 13.8 Å². The number of para-hydroxylation sites is 3. The molecule has 6 aromatic carbocycles. The average Bonchev–Trinajstić information content (AvgIpc) is 3.73. The molecule has 10 rings (SSSR count). The van der Waals surface area contributed by atoms with Crippen LogP contribution in [0.15, 0.2) is 176 Å². The van der Waals surface area contributed by atoms with Crippen LogP contribution in [-0.4, -0.2) is 19.1 Å². The van der Waals surface area contributed by atoms with Crippen LogP contribution < -0.4 is 4.90 Å². The second-order valence-corrected chi connectivity index (χ2v) is 13.6. The maximum atomic E-state index is 4.90. The molecule has 0 aliphatic heterocycles. The molecule has 0 aliphatic carbocycles. The Kier molecular flexibility index (Phi) is 7.18. The van der Waals surface area contributed by atoms with Gasteiger partial charge in [-0.2, -0.15) is 0 Å². The van der Waals surface area contributed by atoms with Crippen LogP contribution in [-0.2, 0) is 0 Å². The van der Waals surface area contributed by atoms with E-state index in [1.54, 1.807) is 0 Å². The highest BCUT2D eigenvalue weighted by molar-refractivity contribution is 6.29. The molecule has 4 heterocycles. The topological polar surface area (TPSA) is 38.9 Å². The van der Waals surface area contributed by atoms with E-state index in [1.807, 2.05) is 18.5 Å². The molecule has 0 atom stereocenters. The number of rotatable bonds is 6. The van der Waals surface area contributed by atoms with Gasteiger partial charge in [0.25, 0.3) is 0 Å². The van der Waals surface area contributed by atoms with Crippen molar-refractivity contribution in [3.8, 4) is 22.8 Å². The summed E-state index contributed by atoms with van der Waals surface area (Å²) in [5.41, 5.74) is 13.4. The molecule has 10 aromatic rings. The number of hydrogen-bond donors (Lipinski definition) is 0. The SMILES string of the molecule is Cc1cnc(-c2cccc(N(c3ccccc3)c3ccc4c5c6c7ccccc7n(-c7ccccc7)c6ccc5n(-c5ccccn5)c4c3)c2)cc1C. The summed E-state index contributed by atoms with van der Waals surface area (Å²) in [5, 5.41) is 4.86. The van der Waals surface area contributed by atoms with E-state index in [2.05, 4.69) is 186 Å². The molecule has 0 saturated heterocycles. The fraction of sp³-hybridized carbons (Fsp3) is 0.0417. The van der Waals surface area contributed by atoms with Crippen molar-refractivity contribution in [3.05, 3.63) is 187 Å². The Morgan fingerprint density at radius 2 is 1.13 bits per heavy atom. The van der Waals surface area contributed by atoms with Crippen LogP contribution in [0.5, 0.6) is 0 Å². The highest BCUT2D eigenvalue weighted by Gasteiger charge is 2.22. The third-order valence-electron chi connectivity index (χ3n) is 10.5. The second-order valence-electron chi connectivity index (χ2n) is 13.6. The van der Waals surface area contributed by atoms with Crippen molar-refractivity contribution in [2.45, 2.75) is 13.8 Å². The molecule has 0 saturated carbocycles. The largest absolute Gasteiger partial charge is 0.310 e. The van der Waals surface area contributed by atoms with E-state index in [9.17, 15) is 0 Å². The zero-order chi connectivity index (χ0) is 35.5. The molecule has 0 radical (unpaired) electrons. The van der Waals surface area contributed by atoms with E-state index < -0.39 is 0 Å². The lowest BCUT2D eigenvalue weighted by Gasteiger charge is -2.26. The summed E-state index contributed by atoms with van der Waals surface area (Å²) < 4.78 is 4.71. The summed E-state index contributed by atoms with van der Waals surface area (Å²) in [6.45, 7) is 4.25. The standard InChI is InChI=1S/C48H35N5/c1-32-28-41(50-31-33(32)2)34-14-13-19-37(29-34)51(35-15-5-3-6-16-35)38-23-24-40-45(30-38)53(46-22-11-12-27-49-46)44-26-25-43-47(48(40)44)39-20-9-10-21-42(39)52(43)36-17-7-4-8-18-36/h3-31H,1-2H3. The number of anilines is 3. The van der Waals surface area contributed by atoms with Gasteiger partial charge in [0.2, 0.25) is 0 Å². The van der Waals surface area contributed by atoms with E-state index >= 15 is 0 Å². The summed E-state index contributed by atoms with van der Waals surface area (Å²) >= 11 is 0. The molecule has 5 nitrogen and oxygen atoms in total. The van der Waals surface area contributed by atoms with Crippen LogP contribution in [0.3, 0.4) is 0 Å². The number of aromatic nitrogens is 4. The molecule has 53 heavy (non-hydrogen) atoms. The zero-order valence-electron chi connectivity index (χ0n) is 29.5. The number of pyridine rings is 2. The van der Waals surface area contributed by atoms with E-state index in [0.29, 0.717) is 0 Å². The van der Waals surface area contributed by atoms with Gasteiger partial charge in [-0.15, -0.1) is 0 Å². The van der Waals surface area contributed by atoms with Gasteiger partial charge in [-0.25, -0.2) is 4.98 Å². The van der Waals surface area contributed by atoms with Gasteiger partial charge in [0, 0.05) is 62.3 Å². The molecular weight excluding hydrogens is 647 g/mol. The first-order chi connectivity index (χ1) is 26.1. The molecule has 0 fully saturated rings. The first-order valence-electron chi connectivity index (χ1n) is 18.0. The molecule has 0 spiro atoms. The fourth-order valence-corrected chi connectivity index (χ4v) is 7.89. The molecule has 0 unspecified atom stereocenters. The van der Waals surface area contributed by atoms with Crippen LogP contribution >= 0.6 is 0 Å². The molecule has 0 aliphatic rings. The van der Waals surface area contributed by atoms with Crippen molar-refractivity contribution in [1.82, 2.24) is 19.1 Å². The Bertz CT molecular complexity index is 2960. The number of nitrogens with zero attached hydrogens (tertiary/aromatic N) is 5. The zero-order valence-corrected chi connectivity index (χ0v) is 29.5. The lowest BCUT2D eigenvalue weighted by molar-refractivity contribution is 1.08. The molecule has 5 heteroatoms. The highest BCUT2D eigenvalue weighted by Crippen LogP contribution is 2.44. The van der Waals surface area contributed by atoms with Gasteiger partial charge in [0.1, 0.15) is 5.82 Å². The lowest BCUT2D eigenvalue weighted by Crippen LogP contribution is -2.10. The quantitative estimate of drug-likeness (QED) is 0.175. The van der Waals surface area contributed by atoms with Gasteiger partial charge in [-0.1, -0.05) is 78.9 Å². The van der Waals surface area contributed by atoms with Crippen LogP contribution in [0.2, 0.25) is 0 Å². The molecule has 0 bridgehead atoms. The van der Waals surface area contributed by atoms with Gasteiger partial charge < -0.3 is 9.47 Å². The van der Waals surface area contributed by atoms with E-state index in [4.69, 9.17) is 9.97 Å². The minimum Gasteiger partial charge on any atom is -0.310 e. The van der Waals surface area contributed by atoms with Crippen molar-refractivity contribution in [2.75, 3.05) is 4.90 Å². The van der Waals surface area contributed by atoms with Gasteiger partial charge >= 0.3 is 0 Å². The van der Waals surface area contributed by atoms with E-state index in [1.165, 1.54) is 43.7 Å². The van der Waals surface area contributed by atoms with Gasteiger partial charge in [-0.3, -0.25) is 9.55 Å². The highest BCUT2D eigenvalue weighted by atomic mass is 15.1. The van der Waals surface area contributed by atoms with Gasteiger partial charge in [-0.05, 0) is 110 Å². The second kappa shape index (κ2) is 12.4. The number of benzene rings is 6. The van der Waals surface area contributed by atoms with Crippen molar-refractivity contribution in [1.29, 1.82) is 0 Å². The Morgan fingerprint density at radius 3 is 1.91 bits per heavy atom. The van der Waals surface area contributed by atoms with Crippen molar-refractivity contribution in [2.24, 2.45) is 0 Å². The summed E-state index contributed by atoms with van der Waals surface area (Å²) in [6.07, 6.45) is 3.84. The van der Waals surface area contributed by atoms with Crippen LogP contribution in [0.1, 0.15) is 11.1 Å². The first kappa shape index (κ1) is 30.8. The Hall–Kier alpha value is -6.98. The molecular formula is C48H35N5. The van der Waals surface area contributed by atoms with Crippen molar-refractivity contribution < 1.29 is 0 Å². The maximum Gasteiger partial charge on any atom is 0.137 e. The number of fused-ring (bicyclic) bond motifs is 7. The normalized spacial score (nSPS) is 11.6. The summed E-state index contributed by atoms with van der Waals surface area (Å²) in [5.74, 6) is 0.880. The van der Waals surface area contributed by atoms with E-state index in [-0.39, 0.29) is 0 Å². The minimum absolute atomic E-state index is 0.880. The van der Waals surface area contributed by atoms with Crippen molar-refractivity contribution >= 4 is 60.7 Å². The average molecular weight is 682 g/mol. The monoisotopic (exact) mass is 681 g/mol. The third kappa shape index (κ3) is 5.01. The molecule has 0 N–H and O–H groups in total. The summed E-state index contributed by atoms with van der Waals surface area (Å²) in [6, 6.07) is 58.4. The molecule has 4 aromatic heterocycles. The van der Waals surface area contributed by atoms with Gasteiger partial charge in [0.15, 0.2) is 0 Å². The minimum atomic E-state index is 0.880. The lowest BCUT2D eigenvalue weighted by atomic mass is 10.0. The summed E-state index contributed by atoms with van der Waals surface area (Å²) in [7, 11) is 0. The fourth-order valence-electron chi connectivity index (χ4n) is 7.89. The van der Waals surface area contributed by atoms with Crippen LogP contribution in [0.4, 0.5) is 17.1 Å². The van der Waals surface area contributed by atoms with Crippen molar-refractivity contribution in [3.63, 3.8) is 0 Å². The predicted octanol–water partition coefficient (Wildman–Crippen LogP) is 12.4. The molecule has 0 amide bonds. The van der Waals surface area contributed by atoms with Crippen LogP contribution in [0.25, 0.3) is 66.4 Å². The summed E-state index contributed by atoms with van der Waals surface area (Å²) in [4.78, 5) is 12.0. The molecule has 252 valence electrons.